The van der Waals surface area contributed by atoms with E-state index in [-0.39, 0.29) is 18.5 Å². The summed E-state index contributed by atoms with van der Waals surface area (Å²) in [5.74, 6) is -1.31. The van der Waals surface area contributed by atoms with Crippen molar-refractivity contribution in [3.05, 3.63) is 70.1 Å². The fourth-order valence-electron chi connectivity index (χ4n) is 3.05. The molecule has 0 saturated heterocycles. The zero-order valence-corrected chi connectivity index (χ0v) is 19.4. The summed E-state index contributed by atoms with van der Waals surface area (Å²) < 4.78 is 11.4. The van der Waals surface area contributed by atoms with Gasteiger partial charge in [-0.2, -0.15) is 0 Å². The Kier molecular flexibility index (Phi) is 9.20. The zero-order chi connectivity index (χ0) is 24.4. The van der Waals surface area contributed by atoms with Gasteiger partial charge in [0.1, 0.15) is 17.2 Å². The largest absolute Gasteiger partial charge is 0.467 e. The monoisotopic (exact) mass is 457 g/mol. The summed E-state index contributed by atoms with van der Waals surface area (Å²) in [6, 6.07) is 11.5. The maximum absolute atomic E-state index is 12.8. The first-order valence-electron chi connectivity index (χ1n) is 10.7. The summed E-state index contributed by atoms with van der Waals surface area (Å²) in [4.78, 5) is 49.5. The summed E-state index contributed by atoms with van der Waals surface area (Å²) in [6.07, 6.45) is 1.63. The van der Waals surface area contributed by atoms with Crippen LogP contribution in [0, 0.1) is 0 Å². The molecule has 1 aromatic heterocycles. The van der Waals surface area contributed by atoms with Gasteiger partial charge in [-0.25, -0.2) is 9.59 Å². The summed E-state index contributed by atoms with van der Waals surface area (Å²) in [5.41, 5.74) is -0.235. The van der Waals surface area contributed by atoms with Gasteiger partial charge >= 0.3 is 12.1 Å². The predicted molar refractivity (Wildman–Crippen MR) is 123 cm³/mol. The molecule has 1 heterocycles. The second-order valence-electron chi connectivity index (χ2n) is 8.46. The minimum atomic E-state index is -0.967. The Morgan fingerprint density at radius 3 is 2.39 bits per heavy atom. The predicted octanol–water partition coefficient (Wildman–Crippen LogP) is 2.47. The third-order valence-electron chi connectivity index (χ3n) is 4.59. The maximum atomic E-state index is 12.8. The molecule has 178 valence electrons. The summed E-state index contributed by atoms with van der Waals surface area (Å²) in [5, 5.41) is 5.17. The minimum Gasteiger partial charge on any atom is -0.467 e. The number of esters is 1. The lowest BCUT2D eigenvalue weighted by Crippen LogP contribution is -2.44. The Morgan fingerprint density at radius 2 is 1.76 bits per heavy atom. The van der Waals surface area contributed by atoms with Gasteiger partial charge in [0.25, 0.3) is 11.5 Å². The molecule has 9 nitrogen and oxygen atoms in total. The van der Waals surface area contributed by atoms with E-state index in [1.54, 1.807) is 33.0 Å². The van der Waals surface area contributed by atoms with Crippen LogP contribution in [0.4, 0.5) is 4.79 Å². The van der Waals surface area contributed by atoms with Gasteiger partial charge in [0.05, 0.1) is 13.7 Å². The second kappa shape index (κ2) is 11.8. The molecule has 2 aromatic rings. The molecule has 0 aliphatic heterocycles. The van der Waals surface area contributed by atoms with Crippen molar-refractivity contribution < 1.29 is 23.9 Å². The van der Waals surface area contributed by atoms with Gasteiger partial charge in [-0.05, 0) is 51.3 Å². The highest BCUT2D eigenvalue weighted by molar-refractivity contribution is 5.96. The number of hydrogen-bond donors (Lipinski definition) is 2. The van der Waals surface area contributed by atoms with Crippen LogP contribution in [-0.2, 0) is 20.8 Å². The van der Waals surface area contributed by atoms with Gasteiger partial charge in [0.2, 0.25) is 0 Å². The summed E-state index contributed by atoms with van der Waals surface area (Å²) in [7, 11) is 1.22. The summed E-state index contributed by atoms with van der Waals surface area (Å²) in [6.45, 7) is 5.83. The second-order valence-corrected chi connectivity index (χ2v) is 8.46. The standard InChI is InChI=1S/C24H31N3O6/c1-24(2,3)33-23(31)25-14-8-13-19(22(30)32-4)26-20(28)18-12-9-15-27(21(18)29)16-17-10-6-5-7-11-17/h5-7,9-12,15,19H,8,13-14,16H2,1-4H3,(H,25,31)(H,26,28)/t19-/m0/s1. The van der Waals surface area contributed by atoms with Gasteiger partial charge in [-0.3, -0.25) is 9.59 Å². The molecular weight excluding hydrogens is 426 g/mol. The number of nitrogens with one attached hydrogen (secondary N) is 2. The number of carbonyl (C=O) groups excluding carboxylic acids is 3. The molecule has 1 atom stereocenters. The van der Waals surface area contributed by atoms with Crippen molar-refractivity contribution in [3.63, 3.8) is 0 Å². The molecule has 0 aliphatic rings. The van der Waals surface area contributed by atoms with Crippen LogP contribution in [0.5, 0.6) is 0 Å². The highest BCUT2D eigenvalue weighted by atomic mass is 16.6. The van der Waals surface area contributed by atoms with Gasteiger partial charge in [0.15, 0.2) is 0 Å². The van der Waals surface area contributed by atoms with Crippen LogP contribution >= 0.6 is 0 Å². The van der Waals surface area contributed by atoms with Crippen molar-refractivity contribution in [2.24, 2.45) is 0 Å². The topological polar surface area (TPSA) is 116 Å². The minimum absolute atomic E-state index is 0.0748. The molecule has 0 unspecified atom stereocenters. The number of hydrogen-bond acceptors (Lipinski definition) is 6. The molecule has 33 heavy (non-hydrogen) atoms. The van der Waals surface area contributed by atoms with Crippen molar-refractivity contribution in [1.29, 1.82) is 0 Å². The van der Waals surface area contributed by atoms with E-state index in [2.05, 4.69) is 10.6 Å². The fraction of sp³-hybridized carbons (Fsp3) is 0.417. The van der Waals surface area contributed by atoms with E-state index in [1.807, 2.05) is 30.3 Å². The molecule has 0 bridgehead atoms. The lowest BCUT2D eigenvalue weighted by molar-refractivity contribution is -0.143. The number of benzene rings is 1. The number of carbonyl (C=O) groups is 3. The Labute approximate surface area is 193 Å². The number of aromatic nitrogens is 1. The number of rotatable bonds is 9. The van der Waals surface area contributed by atoms with E-state index in [0.717, 1.165) is 5.56 Å². The quantitative estimate of drug-likeness (QED) is 0.442. The number of alkyl carbamates (subject to hydrolysis) is 1. The molecule has 0 radical (unpaired) electrons. The number of methoxy groups -OCH3 is 1. The first-order valence-corrected chi connectivity index (χ1v) is 10.7. The molecule has 2 rings (SSSR count). The van der Waals surface area contributed by atoms with Gasteiger partial charge in [-0.15, -0.1) is 0 Å². The zero-order valence-electron chi connectivity index (χ0n) is 19.4. The molecule has 2 N–H and O–H groups in total. The molecule has 2 amide bonds. The van der Waals surface area contributed by atoms with E-state index in [0.29, 0.717) is 13.0 Å². The Morgan fingerprint density at radius 1 is 1.06 bits per heavy atom. The van der Waals surface area contributed by atoms with E-state index in [4.69, 9.17) is 9.47 Å². The molecule has 0 saturated carbocycles. The normalized spacial score (nSPS) is 11.9. The molecule has 0 fully saturated rings. The molecule has 0 spiro atoms. The van der Waals surface area contributed by atoms with Crippen molar-refractivity contribution in [2.45, 2.75) is 51.8 Å². The van der Waals surface area contributed by atoms with Crippen LogP contribution in [-0.4, -0.2) is 47.8 Å². The highest BCUT2D eigenvalue weighted by Crippen LogP contribution is 2.07. The average molecular weight is 458 g/mol. The summed E-state index contributed by atoms with van der Waals surface area (Å²) >= 11 is 0. The van der Waals surface area contributed by atoms with Crippen molar-refractivity contribution in [1.82, 2.24) is 15.2 Å². The van der Waals surface area contributed by atoms with E-state index >= 15 is 0 Å². The molecule has 9 heteroatoms. The first kappa shape index (κ1) is 25.6. The number of amides is 2. The number of pyridine rings is 1. The van der Waals surface area contributed by atoms with Crippen LogP contribution in [0.15, 0.2) is 53.5 Å². The smallest absolute Gasteiger partial charge is 0.407 e. The maximum Gasteiger partial charge on any atom is 0.407 e. The Bertz CT molecular complexity index is 1010. The van der Waals surface area contributed by atoms with Crippen molar-refractivity contribution >= 4 is 18.0 Å². The van der Waals surface area contributed by atoms with Crippen LogP contribution < -0.4 is 16.2 Å². The number of nitrogens with zero attached hydrogens (tertiary/aromatic N) is 1. The third-order valence-corrected chi connectivity index (χ3v) is 4.59. The van der Waals surface area contributed by atoms with Crippen molar-refractivity contribution in [3.8, 4) is 0 Å². The van der Waals surface area contributed by atoms with Gasteiger partial charge in [0, 0.05) is 12.7 Å². The van der Waals surface area contributed by atoms with Gasteiger partial charge < -0.3 is 24.7 Å². The van der Waals surface area contributed by atoms with Crippen molar-refractivity contribution in [2.75, 3.05) is 13.7 Å². The van der Waals surface area contributed by atoms with E-state index in [1.165, 1.54) is 17.7 Å². The fourth-order valence-corrected chi connectivity index (χ4v) is 3.05. The molecular formula is C24H31N3O6. The van der Waals surface area contributed by atoms with Crippen LogP contribution in [0.1, 0.15) is 49.5 Å². The Balaban J connectivity index is 2.00. The van der Waals surface area contributed by atoms with Crippen LogP contribution in [0.2, 0.25) is 0 Å². The Hall–Kier alpha value is -3.62. The van der Waals surface area contributed by atoms with E-state index < -0.39 is 35.2 Å². The van der Waals surface area contributed by atoms with Crippen LogP contribution in [0.25, 0.3) is 0 Å². The van der Waals surface area contributed by atoms with Crippen LogP contribution in [0.3, 0.4) is 0 Å². The lowest BCUT2D eigenvalue weighted by atomic mass is 10.1. The molecule has 1 aromatic carbocycles. The average Bonchev–Trinajstić information content (AvgIpc) is 2.76. The van der Waals surface area contributed by atoms with Gasteiger partial charge in [-0.1, -0.05) is 30.3 Å². The number of ether oxygens (including phenoxy) is 2. The lowest BCUT2D eigenvalue weighted by Gasteiger charge is -2.20. The third kappa shape index (κ3) is 8.44. The molecule has 0 aliphatic carbocycles. The highest BCUT2D eigenvalue weighted by Gasteiger charge is 2.24. The SMILES string of the molecule is COC(=O)[C@H](CCCNC(=O)OC(C)(C)C)NC(=O)c1cccn(Cc2ccccc2)c1=O. The first-order chi connectivity index (χ1) is 15.6. The van der Waals surface area contributed by atoms with E-state index in [9.17, 15) is 19.2 Å².